The highest BCUT2D eigenvalue weighted by Gasteiger charge is 2.19. The number of hydrogen-bond donors (Lipinski definition) is 0. The Kier molecular flexibility index (Phi) is 6.59. The van der Waals surface area contributed by atoms with Crippen LogP contribution >= 0.6 is 0 Å². The van der Waals surface area contributed by atoms with Crippen LogP contribution < -0.4 is 9.64 Å². The molecule has 0 unspecified atom stereocenters. The lowest BCUT2D eigenvalue weighted by Crippen LogP contribution is -2.35. The molecule has 0 radical (unpaired) electrons. The molecule has 3 aromatic carbocycles. The summed E-state index contributed by atoms with van der Waals surface area (Å²) in [5, 5.41) is 12.9. The summed E-state index contributed by atoms with van der Waals surface area (Å²) < 4.78 is 10.2. The van der Waals surface area contributed by atoms with Crippen LogP contribution in [0, 0.1) is 10.1 Å². The molecule has 30 heavy (non-hydrogen) atoms. The maximum absolute atomic E-state index is 12.7. The molecule has 8 heteroatoms. The van der Waals surface area contributed by atoms with Crippen molar-refractivity contribution in [2.75, 3.05) is 24.7 Å². The van der Waals surface area contributed by atoms with E-state index in [1.54, 1.807) is 11.0 Å². The van der Waals surface area contributed by atoms with E-state index in [2.05, 4.69) is 0 Å². The smallest absolute Gasteiger partial charge is 0.344 e. The number of carbonyl (C=O) groups is 2. The van der Waals surface area contributed by atoms with E-state index in [4.69, 9.17) is 9.47 Å². The molecule has 0 aliphatic carbocycles. The van der Waals surface area contributed by atoms with Crippen LogP contribution in [0.3, 0.4) is 0 Å². The van der Waals surface area contributed by atoms with Gasteiger partial charge in [0.25, 0.3) is 5.91 Å². The Morgan fingerprint density at radius 2 is 1.67 bits per heavy atom. The number of nitro groups is 1. The van der Waals surface area contributed by atoms with Crippen molar-refractivity contribution in [1.82, 2.24) is 0 Å². The lowest BCUT2D eigenvalue weighted by molar-refractivity contribution is -0.385. The van der Waals surface area contributed by atoms with Crippen LogP contribution in [-0.2, 0) is 14.3 Å². The van der Waals surface area contributed by atoms with Crippen LogP contribution in [0.1, 0.15) is 6.92 Å². The van der Waals surface area contributed by atoms with Crippen molar-refractivity contribution in [3.05, 3.63) is 76.8 Å². The van der Waals surface area contributed by atoms with Crippen molar-refractivity contribution in [2.24, 2.45) is 0 Å². The maximum atomic E-state index is 12.7. The number of fused-ring (bicyclic) bond motifs is 1. The van der Waals surface area contributed by atoms with Crippen molar-refractivity contribution in [3.8, 4) is 5.75 Å². The molecule has 0 heterocycles. The van der Waals surface area contributed by atoms with Gasteiger partial charge in [-0.1, -0.05) is 48.5 Å². The summed E-state index contributed by atoms with van der Waals surface area (Å²) in [4.78, 5) is 36.5. The second-order valence-electron chi connectivity index (χ2n) is 6.31. The topological polar surface area (TPSA) is 99.0 Å². The molecule has 8 nitrogen and oxygen atoms in total. The van der Waals surface area contributed by atoms with E-state index in [1.807, 2.05) is 49.4 Å². The zero-order chi connectivity index (χ0) is 21.5. The zero-order valence-corrected chi connectivity index (χ0v) is 16.3. The zero-order valence-electron chi connectivity index (χ0n) is 16.3. The third-order valence-corrected chi connectivity index (χ3v) is 4.44. The number of amides is 1. The first-order valence-electron chi connectivity index (χ1n) is 9.31. The van der Waals surface area contributed by atoms with Gasteiger partial charge >= 0.3 is 11.7 Å². The van der Waals surface area contributed by atoms with E-state index in [0.717, 1.165) is 16.5 Å². The number of likely N-dealkylation sites (N-methyl/N-ethyl adjacent to an activating group) is 1. The fraction of sp³-hybridized carbons (Fsp3) is 0.182. The first-order valence-corrected chi connectivity index (χ1v) is 9.31. The Balaban J connectivity index is 1.61. The summed E-state index contributed by atoms with van der Waals surface area (Å²) in [6, 6.07) is 19.1. The Labute approximate surface area is 172 Å². The van der Waals surface area contributed by atoms with Crippen molar-refractivity contribution < 1.29 is 24.0 Å². The second-order valence-corrected chi connectivity index (χ2v) is 6.31. The summed E-state index contributed by atoms with van der Waals surface area (Å²) in [6.45, 7) is 1.23. The highest BCUT2D eigenvalue weighted by Crippen LogP contribution is 2.27. The lowest BCUT2D eigenvalue weighted by Gasteiger charge is -2.22. The number of nitro benzene ring substituents is 1. The molecule has 154 valence electrons. The molecule has 0 aromatic heterocycles. The fourth-order valence-electron chi connectivity index (χ4n) is 3.05. The molecule has 0 aliphatic heterocycles. The van der Waals surface area contributed by atoms with Crippen LogP contribution in [0.5, 0.6) is 5.75 Å². The van der Waals surface area contributed by atoms with E-state index in [0.29, 0.717) is 6.54 Å². The number of nitrogens with zero attached hydrogens (tertiary/aromatic N) is 2. The summed E-state index contributed by atoms with van der Waals surface area (Å²) in [5.74, 6) is -1.22. The number of ether oxygens (including phenoxy) is 2. The standard InChI is InChI=1S/C22H20N2O6/c1-2-23(18-12-7-9-16-8-3-4-10-17(16)18)21(25)14-30-22(26)15-29-20-13-6-5-11-19(20)24(27)28/h3-13H,2,14-15H2,1H3. The van der Waals surface area contributed by atoms with E-state index in [-0.39, 0.29) is 17.3 Å². The van der Waals surface area contributed by atoms with Gasteiger partial charge in [-0.3, -0.25) is 14.9 Å². The molecular formula is C22H20N2O6. The van der Waals surface area contributed by atoms with Crippen LogP contribution in [0.25, 0.3) is 10.8 Å². The maximum Gasteiger partial charge on any atom is 0.344 e. The quantitative estimate of drug-likeness (QED) is 0.320. The summed E-state index contributed by atoms with van der Waals surface area (Å²) >= 11 is 0. The number of carbonyl (C=O) groups excluding carboxylic acids is 2. The molecule has 0 N–H and O–H groups in total. The van der Waals surface area contributed by atoms with Gasteiger partial charge in [0.2, 0.25) is 0 Å². The largest absolute Gasteiger partial charge is 0.475 e. The normalized spacial score (nSPS) is 10.4. The summed E-state index contributed by atoms with van der Waals surface area (Å²) in [7, 11) is 0. The van der Waals surface area contributed by atoms with Gasteiger partial charge < -0.3 is 14.4 Å². The van der Waals surface area contributed by atoms with E-state index < -0.39 is 24.1 Å². The van der Waals surface area contributed by atoms with Gasteiger partial charge in [0.15, 0.2) is 19.0 Å². The van der Waals surface area contributed by atoms with Crippen LogP contribution in [0.2, 0.25) is 0 Å². The first kappa shape index (κ1) is 20.8. The Hall–Kier alpha value is -3.94. The number of hydrogen-bond acceptors (Lipinski definition) is 6. The van der Waals surface area contributed by atoms with Crippen molar-refractivity contribution in [2.45, 2.75) is 6.92 Å². The summed E-state index contributed by atoms with van der Waals surface area (Å²) in [6.07, 6.45) is 0. The van der Waals surface area contributed by atoms with Gasteiger partial charge in [0.05, 0.1) is 10.6 Å². The first-order chi connectivity index (χ1) is 14.5. The molecule has 1 amide bonds. The SMILES string of the molecule is CCN(C(=O)COC(=O)COc1ccccc1[N+](=O)[O-])c1cccc2ccccc12. The molecular weight excluding hydrogens is 388 g/mol. The molecule has 3 rings (SSSR count). The average Bonchev–Trinajstić information content (AvgIpc) is 2.77. The minimum Gasteiger partial charge on any atom is -0.475 e. The van der Waals surface area contributed by atoms with E-state index >= 15 is 0 Å². The van der Waals surface area contributed by atoms with E-state index in [1.165, 1.54) is 18.2 Å². The minimum atomic E-state index is -0.796. The molecule has 0 bridgehead atoms. The molecule has 0 atom stereocenters. The van der Waals surface area contributed by atoms with Gasteiger partial charge in [0.1, 0.15) is 0 Å². The lowest BCUT2D eigenvalue weighted by atomic mass is 10.1. The fourth-order valence-corrected chi connectivity index (χ4v) is 3.05. The van der Waals surface area contributed by atoms with Gasteiger partial charge in [-0.25, -0.2) is 4.79 Å². The monoisotopic (exact) mass is 408 g/mol. The number of benzene rings is 3. The van der Waals surface area contributed by atoms with Crippen molar-refractivity contribution in [1.29, 1.82) is 0 Å². The summed E-state index contributed by atoms with van der Waals surface area (Å²) in [5.41, 5.74) is 0.474. The molecule has 0 spiro atoms. The van der Waals surface area contributed by atoms with Crippen LogP contribution in [0.4, 0.5) is 11.4 Å². The highest BCUT2D eigenvalue weighted by atomic mass is 16.6. The van der Waals surface area contributed by atoms with Crippen LogP contribution in [0.15, 0.2) is 66.7 Å². The van der Waals surface area contributed by atoms with Crippen molar-refractivity contribution in [3.63, 3.8) is 0 Å². The van der Waals surface area contributed by atoms with Gasteiger partial charge in [0, 0.05) is 18.0 Å². The minimum absolute atomic E-state index is 0.0447. The Morgan fingerprint density at radius 1 is 0.967 bits per heavy atom. The molecule has 0 saturated carbocycles. The molecule has 3 aromatic rings. The third kappa shape index (κ3) is 4.72. The van der Waals surface area contributed by atoms with E-state index in [9.17, 15) is 19.7 Å². The Morgan fingerprint density at radius 3 is 2.43 bits per heavy atom. The van der Waals surface area contributed by atoms with Crippen LogP contribution in [-0.4, -0.2) is 36.6 Å². The number of esters is 1. The van der Waals surface area contributed by atoms with Gasteiger partial charge in [-0.15, -0.1) is 0 Å². The van der Waals surface area contributed by atoms with Gasteiger partial charge in [-0.05, 0) is 24.4 Å². The van der Waals surface area contributed by atoms with Crippen molar-refractivity contribution >= 4 is 34.0 Å². The second kappa shape index (κ2) is 9.51. The number of anilines is 1. The third-order valence-electron chi connectivity index (χ3n) is 4.44. The molecule has 0 aliphatic rings. The Bertz CT molecular complexity index is 1080. The average molecular weight is 408 g/mol. The predicted molar refractivity (Wildman–Crippen MR) is 112 cm³/mol. The van der Waals surface area contributed by atoms with Gasteiger partial charge in [-0.2, -0.15) is 0 Å². The molecule has 0 fully saturated rings. The predicted octanol–water partition coefficient (Wildman–Crippen LogP) is 3.72. The number of rotatable bonds is 8. The molecule has 0 saturated heterocycles. The number of para-hydroxylation sites is 2. The highest BCUT2D eigenvalue weighted by molar-refractivity contribution is 6.04.